The number of rotatable bonds is 9. The molecule has 116 valence electrons. The second kappa shape index (κ2) is 7.49. The molecule has 1 saturated carbocycles. The van der Waals surface area contributed by atoms with Gasteiger partial charge in [-0.25, -0.2) is 0 Å². The summed E-state index contributed by atoms with van der Waals surface area (Å²) in [6, 6.07) is 9.93. The van der Waals surface area contributed by atoms with Crippen molar-refractivity contribution in [1.29, 1.82) is 0 Å². The lowest BCUT2D eigenvalue weighted by molar-refractivity contribution is 0.318. The zero-order valence-electron chi connectivity index (χ0n) is 12.6. The van der Waals surface area contributed by atoms with Gasteiger partial charge in [0.05, 0.1) is 6.61 Å². The average molecular weight is 315 g/mol. The van der Waals surface area contributed by atoms with Gasteiger partial charge >= 0.3 is 0 Å². The molecule has 3 rings (SSSR count). The summed E-state index contributed by atoms with van der Waals surface area (Å²) in [6.07, 6.45) is 5.38. The van der Waals surface area contributed by atoms with E-state index in [0.29, 0.717) is 5.92 Å². The Hall–Kier alpha value is -1.75. The Balaban J connectivity index is 1.46. The molecule has 1 aliphatic carbocycles. The van der Waals surface area contributed by atoms with Crippen molar-refractivity contribution in [3.63, 3.8) is 0 Å². The van der Waals surface area contributed by atoms with Crippen molar-refractivity contribution in [1.82, 2.24) is 14.8 Å². The fourth-order valence-corrected chi connectivity index (χ4v) is 3.15. The van der Waals surface area contributed by atoms with Gasteiger partial charge in [-0.2, -0.15) is 0 Å². The van der Waals surface area contributed by atoms with Gasteiger partial charge in [0.1, 0.15) is 11.6 Å². The number of hydrogen-bond acceptors (Lipinski definition) is 4. The van der Waals surface area contributed by atoms with Crippen LogP contribution in [-0.2, 0) is 6.54 Å². The van der Waals surface area contributed by atoms with Crippen molar-refractivity contribution in [3.05, 3.63) is 48.8 Å². The van der Waals surface area contributed by atoms with Crippen LogP contribution >= 0.6 is 11.8 Å². The Morgan fingerprint density at radius 2 is 2.09 bits per heavy atom. The van der Waals surface area contributed by atoms with Gasteiger partial charge in [-0.15, -0.1) is 16.8 Å². The Labute approximate surface area is 135 Å². The molecule has 0 bridgehead atoms. The third kappa shape index (κ3) is 3.91. The van der Waals surface area contributed by atoms with Crippen LogP contribution < -0.4 is 4.74 Å². The van der Waals surface area contributed by atoms with Crippen LogP contribution in [0.25, 0.3) is 0 Å². The van der Waals surface area contributed by atoms with E-state index in [-0.39, 0.29) is 0 Å². The first-order valence-electron chi connectivity index (χ1n) is 7.73. The van der Waals surface area contributed by atoms with Crippen LogP contribution in [0, 0.1) is 0 Å². The van der Waals surface area contributed by atoms with Gasteiger partial charge in [0.25, 0.3) is 0 Å². The van der Waals surface area contributed by atoms with Gasteiger partial charge in [-0.1, -0.05) is 36.0 Å². The van der Waals surface area contributed by atoms with E-state index in [0.717, 1.165) is 42.1 Å². The van der Waals surface area contributed by atoms with Gasteiger partial charge in [-0.3, -0.25) is 0 Å². The Morgan fingerprint density at radius 1 is 1.27 bits per heavy atom. The largest absolute Gasteiger partial charge is 0.494 e. The molecule has 2 aromatic rings. The third-order valence-corrected chi connectivity index (χ3v) is 4.58. The van der Waals surface area contributed by atoms with Crippen molar-refractivity contribution in [3.8, 4) is 5.75 Å². The van der Waals surface area contributed by atoms with Crippen LogP contribution in [0.5, 0.6) is 5.75 Å². The maximum absolute atomic E-state index is 5.70. The van der Waals surface area contributed by atoms with E-state index in [4.69, 9.17) is 4.74 Å². The highest BCUT2D eigenvalue weighted by Gasteiger charge is 2.29. The van der Waals surface area contributed by atoms with Gasteiger partial charge < -0.3 is 9.30 Å². The van der Waals surface area contributed by atoms with E-state index in [9.17, 15) is 0 Å². The molecule has 1 aromatic carbocycles. The van der Waals surface area contributed by atoms with Crippen LogP contribution in [0.3, 0.4) is 0 Å². The van der Waals surface area contributed by atoms with E-state index >= 15 is 0 Å². The zero-order chi connectivity index (χ0) is 15.2. The molecule has 0 aliphatic heterocycles. The fourth-order valence-electron chi connectivity index (χ4n) is 2.28. The second-order valence-corrected chi connectivity index (χ2v) is 6.44. The quantitative estimate of drug-likeness (QED) is 0.400. The maximum atomic E-state index is 5.70. The topological polar surface area (TPSA) is 39.9 Å². The summed E-state index contributed by atoms with van der Waals surface area (Å²) in [4.78, 5) is 0. The number of hydrogen-bond donors (Lipinski definition) is 0. The number of aromatic nitrogens is 3. The predicted octanol–water partition coefficient (Wildman–Crippen LogP) is 3.90. The Morgan fingerprint density at radius 3 is 2.82 bits per heavy atom. The molecule has 1 fully saturated rings. The molecule has 0 amide bonds. The molecular weight excluding hydrogens is 294 g/mol. The minimum Gasteiger partial charge on any atom is -0.494 e. The number of benzene rings is 1. The molecule has 0 unspecified atom stereocenters. The van der Waals surface area contributed by atoms with Crippen LogP contribution in [-0.4, -0.2) is 27.1 Å². The van der Waals surface area contributed by atoms with Crippen molar-refractivity contribution in [2.75, 3.05) is 12.4 Å². The molecule has 0 atom stereocenters. The van der Waals surface area contributed by atoms with Gasteiger partial charge in [0.15, 0.2) is 5.16 Å². The summed E-state index contributed by atoms with van der Waals surface area (Å²) >= 11 is 1.75. The lowest BCUT2D eigenvalue weighted by atomic mass is 10.3. The first-order valence-corrected chi connectivity index (χ1v) is 8.71. The first-order chi connectivity index (χ1) is 10.9. The van der Waals surface area contributed by atoms with Crippen LogP contribution in [0.15, 0.2) is 48.1 Å². The smallest absolute Gasteiger partial charge is 0.191 e. The minimum absolute atomic E-state index is 0.614. The Bertz CT molecular complexity index is 608. The zero-order valence-corrected chi connectivity index (χ0v) is 13.5. The standard InChI is InChI=1S/C17H21N3OS/c1-2-11-20-16(14-9-10-14)18-19-17(20)22-13-6-12-21-15-7-4-3-5-8-15/h2-5,7-8,14H,1,6,9-13H2. The molecule has 1 aliphatic rings. The summed E-state index contributed by atoms with van der Waals surface area (Å²) in [7, 11) is 0. The molecule has 1 heterocycles. The molecular formula is C17H21N3OS. The van der Waals surface area contributed by atoms with Gasteiger partial charge in [0, 0.05) is 18.2 Å². The van der Waals surface area contributed by atoms with Crippen LogP contribution in [0.1, 0.15) is 31.0 Å². The highest BCUT2D eigenvalue weighted by molar-refractivity contribution is 7.99. The second-order valence-electron chi connectivity index (χ2n) is 5.38. The molecule has 5 heteroatoms. The van der Waals surface area contributed by atoms with E-state index in [1.54, 1.807) is 11.8 Å². The summed E-state index contributed by atoms with van der Waals surface area (Å²) in [6.45, 7) is 5.35. The van der Waals surface area contributed by atoms with E-state index in [2.05, 4.69) is 21.3 Å². The SMILES string of the molecule is C=CCn1c(SCCCOc2ccccc2)nnc1C1CC1. The lowest BCUT2D eigenvalue weighted by Crippen LogP contribution is -2.04. The van der Waals surface area contributed by atoms with Crippen LogP contribution in [0.2, 0.25) is 0 Å². The number of allylic oxidation sites excluding steroid dienone is 1. The van der Waals surface area contributed by atoms with E-state index in [1.165, 1.54) is 12.8 Å². The summed E-state index contributed by atoms with van der Waals surface area (Å²) in [5.41, 5.74) is 0. The molecule has 0 spiro atoms. The molecule has 1 aromatic heterocycles. The highest BCUT2D eigenvalue weighted by Crippen LogP contribution is 2.40. The first kappa shape index (κ1) is 15.2. The molecule has 0 saturated heterocycles. The monoisotopic (exact) mass is 315 g/mol. The molecule has 22 heavy (non-hydrogen) atoms. The van der Waals surface area contributed by atoms with Gasteiger partial charge in [0.2, 0.25) is 0 Å². The predicted molar refractivity (Wildman–Crippen MR) is 89.5 cm³/mol. The summed E-state index contributed by atoms with van der Waals surface area (Å²) in [5.74, 6) is 3.65. The number of para-hydroxylation sites is 1. The van der Waals surface area contributed by atoms with Crippen molar-refractivity contribution in [2.24, 2.45) is 0 Å². The number of ether oxygens (including phenoxy) is 1. The lowest BCUT2D eigenvalue weighted by Gasteiger charge is -2.07. The highest BCUT2D eigenvalue weighted by atomic mass is 32.2. The van der Waals surface area contributed by atoms with Crippen molar-refractivity contribution < 1.29 is 4.74 Å². The summed E-state index contributed by atoms with van der Waals surface area (Å²) in [5, 5.41) is 9.70. The van der Waals surface area contributed by atoms with E-state index in [1.807, 2.05) is 36.4 Å². The third-order valence-electron chi connectivity index (χ3n) is 3.53. The van der Waals surface area contributed by atoms with Crippen molar-refractivity contribution >= 4 is 11.8 Å². The van der Waals surface area contributed by atoms with Crippen LogP contribution in [0.4, 0.5) is 0 Å². The molecule has 4 nitrogen and oxygen atoms in total. The maximum Gasteiger partial charge on any atom is 0.191 e. The number of thioether (sulfide) groups is 1. The molecule has 0 radical (unpaired) electrons. The molecule has 0 N–H and O–H groups in total. The van der Waals surface area contributed by atoms with E-state index < -0.39 is 0 Å². The average Bonchev–Trinajstić information content (AvgIpc) is 3.32. The van der Waals surface area contributed by atoms with Gasteiger partial charge in [-0.05, 0) is 31.4 Å². The minimum atomic E-state index is 0.614. The van der Waals surface area contributed by atoms with Crippen molar-refractivity contribution in [2.45, 2.75) is 36.9 Å². The number of nitrogens with zero attached hydrogens (tertiary/aromatic N) is 3. The Kier molecular flexibility index (Phi) is 5.16. The normalized spacial score (nSPS) is 14.0. The summed E-state index contributed by atoms with van der Waals surface area (Å²) < 4.78 is 7.90. The fraction of sp³-hybridized carbons (Fsp3) is 0.412.